The van der Waals surface area contributed by atoms with E-state index in [1.54, 1.807) is 6.07 Å². The number of pyridine rings is 1. The Kier molecular flexibility index (Phi) is 4.30. The zero-order valence-corrected chi connectivity index (χ0v) is 12.8. The van der Waals surface area contributed by atoms with Gasteiger partial charge in [0, 0.05) is 6.04 Å². The predicted molar refractivity (Wildman–Crippen MR) is 78.9 cm³/mol. The highest BCUT2D eigenvalue weighted by molar-refractivity contribution is 6.42. The second kappa shape index (κ2) is 5.44. The first kappa shape index (κ1) is 14.2. The molecule has 1 aliphatic rings. The van der Waals surface area contributed by atoms with Crippen LogP contribution in [0.25, 0.3) is 0 Å². The second-order valence-corrected chi connectivity index (χ2v) is 6.87. The lowest BCUT2D eigenvalue weighted by atomic mass is 9.75. The van der Waals surface area contributed by atoms with Crippen LogP contribution in [0.1, 0.15) is 39.5 Å². The molecule has 1 saturated carbocycles. The molecule has 18 heavy (non-hydrogen) atoms. The van der Waals surface area contributed by atoms with E-state index in [4.69, 9.17) is 34.8 Å². The number of hydrogen-bond donors (Lipinski definition) is 1. The molecule has 0 bridgehead atoms. The van der Waals surface area contributed by atoms with Crippen molar-refractivity contribution in [2.45, 2.75) is 45.6 Å². The van der Waals surface area contributed by atoms with Gasteiger partial charge >= 0.3 is 0 Å². The number of hydrogen-bond acceptors (Lipinski definition) is 2. The standard InChI is InChI=1S/C13H17Cl3N2/c1-13(2)5-3-4-8(7-13)17-12-10(15)6-9(14)11(16)18-12/h6,8H,3-5,7H2,1-2H3,(H,17,18). The van der Waals surface area contributed by atoms with Crippen LogP contribution in [-0.4, -0.2) is 11.0 Å². The maximum Gasteiger partial charge on any atom is 0.150 e. The quantitative estimate of drug-likeness (QED) is 0.738. The molecule has 0 spiro atoms. The molecule has 1 fully saturated rings. The van der Waals surface area contributed by atoms with Crippen molar-refractivity contribution in [1.82, 2.24) is 4.98 Å². The lowest BCUT2D eigenvalue weighted by Gasteiger charge is -2.35. The zero-order chi connectivity index (χ0) is 13.3. The number of nitrogens with one attached hydrogen (secondary N) is 1. The molecule has 100 valence electrons. The summed E-state index contributed by atoms with van der Waals surface area (Å²) in [5.41, 5.74) is 0.374. The second-order valence-electron chi connectivity index (χ2n) is 5.69. The van der Waals surface area contributed by atoms with E-state index in [9.17, 15) is 0 Å². The van der Waals surface area contributed by atoms with Crippen molar-refractivity contribution in [3.63, 3.8) is 0 Å². The lowest BCUT2D eigenvalue weighted by Crippen LogP contribution is -2.32. The number of halogens is 3. The third kappa shape index (κ3) is 3.43. The summed E-state index contributed by atoms with van der Waals surface area (Å²) in [6.07, 6.45) is 4.75. The van der Waals surface area contributed by atoms with Crippen LogP contribution in [-0.2, 0) is 0 Å². The van der Waals surface area contributed by atoms with Gasteiger partial charge in [0.05, 0.1) is 10.0 Å². The fourth-order valence-electron chi connectivity index (χ4n) is 2.56. The highest BCUT2D eigenvalue weighted by Gasteiger charge is 2.28. The van der Waals surface area contributed by atoms with Crippen molar-refractivity contribution in [2.24, 2.45) is 5.41 Å². The van der Waals surface area contributed by atoms with Gasteiger partial charge < -0.3 is 5.32 Å². The van der Waals surface area contributed by atoms with Crippen molar-refractivity contribution >= 4 is 40.6 Å². The number of nitrogens with zero attached hydrogens (tertiary/aromatic N) is 1. The summed E-state index contributed by atoms with van der Waals surface area (Å²) >= 11 is 17.9. The van der Waals surface area contributed by atoms with Crippen molar-refractivity contribution in [1.29, 1.82) is 0 Å². The van der Waals surface area contributed by atoms with Gasteiger partial charge in [0.1, 0.15) is 11.0 Å². The molecule has 1 aromatic rings. The van der Waals surface area contributed by atoms with Gasteiger partial charge in [-0.1, -0.05) is 55.1 Å². The molecule has 2 rings (SSSR count). The Morgan fingerprint density at radius 3 is 2.67 bits per heavy atom. The molecule has 1 N–H and O–H groups in total. The van der Waals surface area contributed by atoms with Crippen LogP contribution in [0.3, 0.4) is 0 Å². The Morgan fingerprint density at radius 1 is 1.28 bits per heavy atom. The molecule has 1 atom stereocenters. The van der Waals surface area contributed by atoms with E-state index < -0.39 is 0 Å². The number of rotatable bonds is 2. The number of aromatic nitrogens is 1. The summed E-state index contributed by atoms with van der Waals surface area (Å²) < 4.78 is 0. The van der Waals surface area contributed by atoms with Crippen LogP contribution in [0.15, 0.2) is 6.07 Å². The molecular weight excluding hydrogens is 291 g/mol. The molecule has 1 aliphatic carbocycles. The van der Waals surface area contributed by atoms with E-state index in [0.717, 1.165) is 12.8 Å². The number of anilines is 1. The van der Waals surface area contributed by atoms with Gasteiger partial charge in [0.25, 0.3) is 0 Å². The molecule has 1 aromatic heterocycles. The molecule has 0 aromatic carbocycles. The monoisotopic (exact) mass is 306 g/mol. The molecule has 0 saturated heterocycles. The van der Waals surface area contributed by atoms with Gasteiger partial charge in [0.2, 0.25) is 0 Å². The largest absolute Gasteiger partial charge is 0.366 e. The van der Waals surface area contributed by atoms with E-state index in [1.165, 1.54) is 12.8 Å². The zero-order valence-electron chi connectivity index (χ0n) is 10.6. The van der Waals surface area contributed by atoms with E-state index in [-0.39, 0.29) is 0 Å². The average molecular weight is 308 g/mol. The fourth-order valence-corrected chi connectivity index (χ4v) is 3.11. The summed E-state index contributed by atoms with van der Waals surface area (Å²) in [5, 5.41) is 4.58. The summed E-state index contributed by atoms with van der Waals surface area (Å²) in [6.45, 7) is 4.59. The summed E-state index contributed by atoms with van der Waals surface area (Å²) in [4.78, 5) is 4.20. The molecule has 0 radical (unpaired) electrons. The third-order valence-corrected chi connectivity index (χ3v) is 4.39. The van der Waals surface area contributed by atoms with Crippen LogP contribution in [0.2, 0.25) is 15.2 Å². The normalized spacial score (nSPS) is 22.8. The van der Waals surface area contributed by atoms with Crippen LogP contribution < -0.4 is 5.32 Å². The first-order valence-corrected chi connectivity index (χ1v) is 7.29. The summed E-state index contributed by atoms with van der Waals surface area (Å²) in [7, 11) is 0. The van der Waals surface area contributed by atoms with E-state index >= 15 is 0 Å². The van der Waals surface area contributed by atoms with Gasteiger partial charge in [-0.3, -0.25) is 0 Å². The Labute approximate surface area is 123 Å². The summed E-state index contributed by atoms with van der Waals surface area (Å²) in [5.74, 6) is 0.633. The Balaban J connectivity index is 2.12. The minimum absolute atomic E-state index is 0.290. The average Bonchev–Trinajstić information content (AvgIpc) is 2.24. The maximum absolute atomic E-state index is 6.12. The minimum atomic E-state index is 0.290. The SMILES string of the molecule is CC1(C)CCCC(Nc2nc(Cl)c(Cl)cc2Cl)C1. The van der Waals surface area contributed by atoms with Crippen LogP contribution in [0, 0.1) is 5.41 Å². The molecule has 2 nitrogen and oxygen atoms in total. The minimum Gasteiger partial charge on any atom is -0.366 e. The van der Waals surface area contributed by atoms with E-state index in [2.05, 4.69) is 24.1 Å². The first-order valence-electron chi connectivity index (χ1n) is 6.15. The predicted octanol–water partition coefficient (Wildman–Crippen LogP) is 5.42. The Hall–Kier alpha value is -0.180. The summed E-state index contributed by atoms with van der Waals surface area (Å²) in [6, 6.07) is 2.03. The maximum atomic E-state index is 6.12. The van der Waals surface area contributed by atoms with Crippen molar-refractivity contribution < 1.29 is 0 Å². The molecule has 1 unspecified atom stereocenters. The van der Waals surface area contributed by atoms with Crippen molar-refractivity contribution in [2.75, 3.05) is 5.32 Å². The third-order valence-electron chi connectivity index (χ3n) is 3.43. The van der Waals surface area contributed by atoms with Gasteiger partial charge in [0.15, 0.2) is 0 Å². The van der Waals surface area contributed by atoms with Crippen LogP contribution in [0.4, 0.5) is 5.82 Å². The lowest BCUT2D eigenvalue weighted by molar-refractivity contribution is 0.229. The van der Waals surface area contributed by atoms with Crippen LogP contribution in [0.5, 0.6) is 0 Å². The molecule has 0 amide bonds. The molecule has 5 heteroatoms. The Morgan fingerprint density at radius 2 is 2.00 bits per heavy atom. The van der Waals surface area contributed by atoms with Gasteiger partial charge in [-0.15, -0.1) is 0 Å². The first-order chi connectivity index (χ1) is 8.37. The van der Waals surface area contributed by atoms with Gasteiger partial charge in [-0.2, -0.15) is 0 Å². The smallest absolute Gasteiger partial charge is 0.150 e. The highest BCUT2D eigenvalue weighted by atomic mass is 35.5. The van der Waals surface area contributed by atoms with E-state index in [0.29, 0.717) is 32.5 Å². The Bertz CT molecular complexity index is 446. The molecule has 0 aliphatic heterocycles. The molecular formula is C13H17Cl3N2. The van der Waals surface area contributed by atoms with E-state index in [1.807, 2.05) is 0 Å². The topological polar surface area (TPSA) is 24.9 Å². The van der Waals surface area contributed by atoms with Crippen molar-refractivity contribution in [3.8, 4) is 0 Å². The fraction of sp³-hybridized carbons (Fsp3) is 0.615. The van der Waals surface area contributed by atoms with Gasteiger partial charge in [-0.25, -0.2) is 4.98 Å². The highest BCUT2D eigenvalue weighted by Crippen LogP contribution is 2.37. The molecule has 1 heterocycles. The van der Waals surface area contributed by atoms with Gasteiger partial charge in [-0.05, 0) is 30.7 Å². The van der Waals surface area contributed by atoms with Crippen LogP contribution >= 0.6 is 34.8 Å². The van der Waals surface area contributed by atoms with Crippen molar-refractivity contribution in [3.05, 3.63) is 21.3 Å².